The fourth-order valence-corrected chi connectivity index (χ4v) is 3.88. The van der Waals surface area contributed by atoms with Crippen molar-refractivity contribution >= 4 is 29.1 Å². The van der Waals surface area contributed by atoms with Crippen molar-refractivity contribution < 1.29 is 4.79 Å². The second kappa shape index (κ2) is 7.93. The maximum atomic E-state index is 12.4. The molecule has 0 aliphatic carbocycles. The number of aromatic nitrogens is 4. The SMILES string of the molecule is Cc1cc(C)n(-c2ccc(N3CCN(C(=O)/C=C/c4cccs4)CC3)nn2)n1. The molecule has 0 N–H and O–H groups in total. The van der Waals surface area contributed by atoms with Crippen molar-refractivity contribution in [2.45, 2.75) is 13.8 Å². The first-order valence-corrected chi connectivity index (χ1v) is 10.1. The molecule has 0 atom stereocenters. The van der Waals surface area contributed by atoms with E-state index in [-0.39, 0.29) is 5.91 Å². The normalized spacial score (nSPS) is 14.8. The average molecular weight is 395 g/mol. The molecular formula is C20H22N6OS. The van der Waals surface area contributed by atoms with Crippen LogP contribution in [-0.4, -0.2) is 57.0 Å². The number of hydrogen-bond acceptors (Lipinski definition) is 6. The zero-order chi connectivity index (χ0) is 19.5. The number of aryl methyl sites for hydroxylation is 2. The minimum atomic E-state index is 0.0546. The second-order valence-electron chi connectivity index (χ2n) is 6.75. The Morgan fingerprint density at radius 1 is 1.07 bits per heavy atom. The van der Waals surface area contributed by atoms with Gasteiger partial charge >= 0.3 is 0 Å². The van der Waals surface area contributed by atoms with Crippen LogP contribution in [0.25, 0.3) is 11.9 Å². The number of nitrogens with zero attached hydrogens (tertiary/aromatic N) is 6. The molecule has 1 saturated heterocycles. The Morgan fingerprint density at radius 2 is 1.82 bits per heavy atom. The van der Waals surface area contributed by atoms with Gasteiger partial charge in [-0.1, -0.05) is 6.07 Å². The minimum Gasteiger partial charge on any atom is -0.352 e. The van der Waals surface area contributed by atoms with E-state index in [0.717, 1.165) is 35.2 Å². The highest BCUT2D eigenvalue weighted by molar-refractivity contribution is 7.10. The summed E-state index contributed by atoms with van der Waals surface area (Å²) in [5.74, 6) is 1.59. The van der Waals surface area contributed by atoms with Gasteiger partial charge in [0.15, 0.2) is 11.6 Å². The number of piperazine rings is 1. The van der Waals surface area contributed by atoms with Crippen LogP contribution < -0.4 is 4.90 Å². The topological polar surface area (TPSA) is 67.2 Å². The van der Waals surface area contributed by atoms with Crippen LogP contribution in [0.5, 0.6) is 0 Å². The summed E-state index contributed by atoms with van der Waals surface area (Å²) in [4.78, 5) is 17.5. The summed E-state index contributed by atoms with van der Waals surface area (Å²) < 4.78 is 1.79. The largest absolute Gasteiger partial charge is 0.352 e. The molecule has 3 aromatic rings. The monoisotopic (exact) mass is 394 g/mol. The molecule has 1 fully saturated rings. The second-order valence-corrected chi connectivity index (χ2v) is 7.73. The summed E-state index contributed by atoms with van der Waals surface area (Å²) in [7, 11) is 0. The Morgan fingerprint density at radius 3 is 2.43 bits per heavy atom. The van der Waals surface area contributed by atoms with E-state index in [4.69, 9.17) is 0 Å². The van der Waals surface area contributed by atoms with Gasteiger partial charge in [0.05, 0.1) is 5.69 Å². The van der Waals surface area contributed by atoms with E-state index in [1.807, 2.05) is 60.5 Å². The van der Waals surface area contributed by atoms with Crippen molar-refractivity contribution in [3.05, 3.63) is 58.1 Å². The molecule has 0 saturated carbocycles. The molecule has 144 valence electrons. The van der Waals surface area contributed by atoms with Gasteiger partial charge in [0, 0.05) is 42.8 Å². The molecular weight excluding hydrogens is 372 g/mol. The summed E-state index contributed by atoms with van der Waals surface area (Å²) in [5, 5.41) is 15.1. The summed E-state index contributed by atoms with van der Waals surface area (Å²) in [6, 6.07) is 9.89. The van der Waals surface area contributed by atoms with Gasteiger partial charge in [0.2, 0.25) is 5.91 Å². The van der Waals surface area contributed by atoms with E-state index in [1.165, 1.54) is 0 Å². The standard InChI is InChI=1S/C20H22N6OS/c1-15-14-16(2)26(23-15)19-7-6-18(21-22-19)24-9-11-25(12-10-24)20(27)8-5-17-4-3-13-28-17/h3-8,13-14H,9-12H2,1-2H3/b8-5+. The first-order valence-electron chi connectivity index (χ1n) is 9.23. The maximum absolute atomic E-state index is 12.4. The third-order valence-corrected chi connectivity index (χ3v) is 5.55. The Bertz CT molecular complexity index is 969. The number of carbonyl (C=O) groups is 1. The van der Waals surface area contributed by atoms with Crippen LogP contribution in [0.4, 0.5) is 5.82 Å². The van der Waals surface area contributed by atoms with Crippen molar-refractivity contribution in [1.82, 2.24) is 24.9 Å². The van der Waals surface area contributed by atoms with Gasteiger partial charge in [-0.25, -0.2) is 4.68 Å². The lowest BCUT2D eigenvalue weighted by Gasteiger charge is -2.34. The fourth-order valence-electron chi connectivity index (χ4n) is 3.26. The molecule has 0 unspecified atom stereocenters. The van der Waals surface area contributed by atoms with Crippen LogP contribution in [0.15, 0.2) is 41.8 Å². The van der Waals surface area contributed by atoms with Gasteiger partial charge in [-0.15, -0.1) is 21.5 Å². The van der Waals surface area contributed by atoms with Crippen molar-refractivity contribution in [3.8, 4) is 5.82 Å². The zero-order valence-corrected chi connectivity index (χ0v) is 16.8. The van der Waals surface area contributed by atoms with E-state index in [9.17, 15) is 4.79 Å². The van der Waals surface area contributed by atoms with Crippen LogP contribution in [0, 0.1) is 13.8 Å². The molecule has 1 amide bonds. The van der Waals surface area contributed by atoms with E-state index in [2.05, 4.69) is 20.2 Å². The maximum Gasteiger partial charge on any atom is 0.246 e. The van der Waals surface area contributed by atoms with Crippen molar-refractivity contribution in [1.29, 1.82) is 0 Å². The molecule has 28 heavy (non-hydrogen) atoms. The van der Waals surface area contributed by atoms with E-state index < -0.39 is 0 Å². The Hall–Kier alpha value is -3.00. The molecule has 0 bridgehead atoms. The van der Waals surface area contributed by atoms with Crippen molar-refractivity contribution in [2.75, 3.05) is 31.1 Å². The minimum absolute atomic E-state index is 0.0546. The van der Waals surface area contributed by atoms with E-state index >= 15 is 0 Å². The van der Waals surface area contributed by atoms with Gasteiger partial charge in [-0.3, -0.25) is 4.79 Å². The Labute approximate surface area is 167 Å². The number of rotatable bonds is 4. The fraction of sp³-hybridized carbons (Fsp3) is 0.300. The molecule has 3 aromatic heterocycles. The van der Waals surface area contributed by atoms with Crippen LogP contribution in [0.2, 0.25) is 0 Å². The smallest absolute Gasteiger partial charge is 0.246 e. The molecule has 4 rings (SSSR count). The van der Waals surface area contributed by atoms with Crippen LogP contribution >= 0.6 is 11.3 Å². The molecule has 8 heteroatoms. The summed E-state index contributed by atoms with van der Waals surface area (Å²) in [6.07, 6.45) is 3.53. The number of amides is 1. The highest BCUT2D eigenvalue weighted by atomic mass is 32.1. The van der Waals surface area contributed by atoms with Crippen LogP contribution in [0.3, 0.4) is 0 Å². The molecule has 0 aromatic carbocycles. The lowest BCUT2D eigenvalue weighted by Crippen LogP contribution is -2.48. The van der Waals surface area contributed by atoms with Gasteiger partial charge in [-0.2, -0.15) is 5.10 Å². The Balaban J connectivity index is 1.36. The predicted molar refractivity (Wildman–Crippen MR) is 111 cm³/mol. The number of thiophene rings is 1. The predicted octanol–water partition coefficient (Wildman–Crippen LogP) is 2.70. The van der Waals surface area contributed by atoms with Gasteiger partial charge in [0.1, 0.15) is 0 Å². The highest BCUT2D eigenvalue weighted by Crippen LogP contribution is 2.16. The van der Waals surface area contributed by atoms with E-state index in [0.29, 0.717) is 18.9 Å². The van der Waals surface area contributed by atoms with E-state index in [1.54, 1.807) is 22.1 Å². The molecule has 4 heterocycles. The number of carbonyl (C=O) groups excluding carboxylic acids is 1. The van der Waals surface area contributed by atoms with Crippen molar-refractivity contribution in [2.24, 2.45) is 0 Å². The lowest BCUT2D eigenvalue weighted by atomic mass is 10.3. The summed E-state index contributed by atoms with van der Waals surface area (Å²) in [5.41, 5.74) is 1.99. The molecule has 0 radical (unpaired) electrons. The first kappa shape index (κ1) is 18.4. The number of hydrogen-bond donors (Lipinski definition) is 0. The molecule has 0 spiro atoms. The average Bonchev–Trinajstić information content (AvgIpc) is 3.35. The third-order valence-electron chi connectivity index (χ3n) is 4.71. The zero-order valence-electron chi connectivity index (χ0n) is 15.9. The molecule has 1 aliphatic heterocycles. The third kappa shape index (κ3) is 3.96. The lowest BCUT2D eigenvalue weighted by molar-refractivity contribution is -0.126. The quantitative estimate of drug-likeness (QED) is 0.637. The van der Waals surface area contributed by atoms with Gasteiger partial charge in [0.25, 0.3) is 0 Å². The highest BCUT2D eigenvalue weighted by Gasteiger charge is 2.21. The summed E-state index contributed by atoms with van der Waals surface area (Å²) >= 11 is 1.62. The Kier molecular flexibility index (Phi) is 5.21. The molecule has 7 nitrogen and oxygen atoms in total. The van der Waals surface area contributed by atoms with Gasteiger partial charge in [-0.05, 0) is 49.6 Å². The van der Waals surface area contributed by atoms with Crippen LogP contribution in [-0.2, 0) is 4.79 Å². The number of anilines is 1. The first-order chi connectivity index (χ1) is 13.6. The van der Waals surface area contributed by atoms with Crippen LogP contribution in [0.1, 0.15) is 16.3 Å². The van der Waals surface area contributed by atoms with Gasteiger partial charge < -0.3 is 9.80 Å². The molecule has 1 aliphatic rings. The summed E-state index contributed by atoms with van der Waals surface area (Å²) in [6.45, 7) is 6.79. The van der Waals surface area contributed by atoms with Crippen molar-refractivity contribution in [3.63, 3.8) is 0 Å².